The van der Waals surface area contributed by atoms with Crippen molar-refractivity contribution in [2.24, 2.45) is 0 Å². The summed E-state index contributed by atoms with van der Waals surface area (Å²) in [5.74, 6) is 0.237. The number of aromatic nitrogens is 4. The van der Waals surface area contributed by atoms with Crippen LogP contribution >= 0.6 is 11.3 Å². The van der Waals surface area contributed by atoms with Crippen molar-refractivity contribution in [1.82, 2.24) is 25.3 Å². The van der Waals surface area contributed by atoms with Gasteiger partial charge in [0.05, 0.1) is 12.5 Å². The number of carbonyl (C=O) groups is 1. The molecule has 1 fully saturated rings. The molecule has 3 heterocycles. The summed E-state index contributed by atoms with van der Waals surface area (Å²) in [6.07, 6.45) is -2.28. The summed E-state index contributed by atoms with van der Waals surface area (Å²) in [5.41, 5.74) is 0.402. The summed E-state index contributed by atoms with van der Waals surface area (Å²) >= 11 is 1.29. The maximum Gasteiger partial charge on any atom is 0.573 e. The Hall–Kier alpha value is -3.32. The molecule has 0 aliphatic carbocycles. The number of benzene rings is 1. The first-order valence-electron chi connectivity index (χ1n) is 10.8. The van der Waals surface area contributed by atoms with Crippen molar-refractivity contribution in [3.05, 3.63) is 53.2 Å². The van der Waals surface area contributed by atoms with Gasteiger partial charge in [-0.05, 0) is 50.3 Å². The predicted octanol–water partition coefficient (Wildman–Crippen LogP) is 3.33. The topological polar surface area (TPSA) is 96.4 Å². The third-order valence-electron chi connectivity index (χ3n) is 5.42. The van der Waals surface area contributed by atoms with E-state index in [4.69, 9.17) is 0 Å². The molecule has 2 atom stereocenters. The van der Waals surface area contributed by atoms with E-state index in [1.165, 1.54) is 29.5 Å². The molecular weight excluding hydrogens is 483 g/mol. The van der Waals surface area contributed by atoms with Crippen molar-refractivity contribution >= 4 is 28.1 Å². The number of nitrogens with zero attached hydrogens (tertiary/aromatic N) is 6. The average molecular weight is 508 g/mol. The molecule has 4 rings (SSSR count). The second-order valence-corrected chi connectivity index (χ2v) is 9.35. The van der Waals surface area contributed by atoms with E-state index in [1.54, 1.807) is 31.3 Å². The van der Waals surface area contributed by atoms with Crippen LogP contribution in [0.1, 0.15) is 23.0 Å². The number of rotatable bonds is 9. The molecule has 2 aromatic heterocycles. The predicted molar refractivity (Wildman–Crippen MR) is 124 cm³/mol. The molecule has 0 radical (unpaired) electrons. The maximum atomic E-state index is 13.1. The molecule has 1 saturated heterocycles. The van der Waals surface area contributed by atoms with Gasteiger partial charge < -0.3 is 15.0 Å². The summed E-state index contributed by atoms with van der Waals surface area (Å²) in [7, 11) is 3.38. The highest BCUT2D eigenvalue weighted by Gasteiger charge is 2.32. The van der Waals surface area contributed by atoms with Crippen LogP contribution in [-0.2, 0) is 11.2 Å². The van der Waals surface area contributed by atoms with Crippen molar-refractivity contribution in [1.29, 1.82) is 0 Å². The van der Waals surface area contributed by atoms with E-state index < -0.39 is 12.4 Å². The number of carbonyl (C=O) groups excluding carboxylic acids is 1. The van der Waals surface area contributed by atoms with E-state index in [9.17, 15) is 18.0 Å². The highest BCUT2D eigenvalue weighted by molar-refractivity contribution is 7.15. The number of ether oxygens (including phenoxy) is 1. The van der Waals surface area contributed by atoms with Crippen LogP contribution in [-0.4, -0.2) is 70.7 Å². The molecule has 9 nitrogen and oxygen atoms in total. The number of hydrogen-bond donors (Lipinski definition) is 1. The van der Waals surface area contributed by atoms with Gasteiger partial charge in [-0.3, -0.25) is 9.69 Å². The lowest BCUT2D eigenvalue weighted by Gasteiger charge is -2.23. The zero-order valence-corrected chi connectivity index (χ0v) is 19.9. The molecule has 0 amide bonds. The number of Topliss-reactive ketones (excluding diaryl/α,β-unsaturated/α-hetero) is 1. The SMILES string of the molecule is CN(C)[C@H](C(=O)Cc1nnc(N[C@@H]2CCN(c3cccnn3)C2)s1)c1cccc(OC(F)(F)F)c1. The summed E-state index contributed by atoms with van der Waals surface area (Å²) in [4.78, 5) is 16.9. The van der Waals surface area contributed by atoms with Crippen molar-refractivity contribution in [3.8, 4) is 5.75 Å². The Kier molecular flexibility index (Phi) is 7.45. The zero-order valence-electron chi connectivity index (χ0n) is 19.1. The Balaban J connectivity index is 1.38. The second-order valence-electron chi connectivity index (χ2n) is 8.29. The van der Waals surface area contributed by atoms with Crippen LogP contribution in [0, 0.1) is 0 Å². The Labute approximate surface area is 203 Å². The third-order valence-corrected chi connectivity index (χ3v) is 6.27. The fourth-order valence-corrected chi connectivity index (χ4v) is 4.83. The minimum absolute atomic E-state index is 0.00292. The Bertz CT molecular complexity index is 1140. The van der Waals surface area contributed by atoms with Gasteiger partial charge in [0.25, 0.3) is 0 Å². The first-order chi connectivity index (χ1) is 16.7. The van der Waals surface area contributed by atoms with E-state index in [0.29, 0.717) is 15.7 Å². The van der Waals surface area contributed by atoms with Gasteiger partial charge in [0, 0.05) is 25.3 Å². The molecule has 1 aliphatic rings. The van der Waals surface area contributed by atoms with Crippen LogP contribution in [0.3, 0.4) is 0 Å². The average Bonchev–Trinajstić information content (AvgIpc) is 3.43. The molecule has 186 valence electrons. The molecule has 0 bridgehead atoms. The highest BCUT2D eigenvalue weighted by Crippen LogP contribution is 2.29. The van der Waals surface area contributed by atoms with Crippen molar-refractivity contribution < 1.29 is 22.7 Å². The Morgan fingerprint density at radius 2 is 2.09 bits per heavy atom. The number of anilines is 2. The lowest BCUT2D eigenvalue weighted by molar-refractivity contribution is -0.274. The Morgan fingerprint density at radius 1 is 1.26 bits per heavy atom. The molecule has 1 N–H and O–H groups in total. The lowest BCUT2D eigenvalue weighted by atomic mass is 9.99. The minimum atomic E-state index is -4.81. The minimum Gasteiger partial charge on any atom is -0.406 e. The molecule has 0 saturated carbocycles. The number of alkyl halides is 3. The zero-order chi connectivity index (χ0) is 25.0. The van der Waals surface area contributed by atoms with Gasteiger partial charge in [0.15, 0.2) is 11.6 Å². The van der Waals surface area contributed by atoms with Crippen LogP contribution in [0.2, 0.25) is 0 Å². The summed E-state index contributed by atoms with van der Waals surface area (Å²) in [6.45, 7) is 1.58. The van der Waals surface area contributed by atoms with Crippen molar-refractivity contribution in [3.63, 3.8) is 0 Å². The molecular formula is C22H24F3N7O2S. The number of ketones is 1. The van der Waals surface area contributed by atoms with E-state index in [0.717, 1.165) is 25.3 Å². The third kappa shape index (κ3) is 6.63. The molecule has 1 aliphatic heterocycles. The molecule has 35 heavy (non-hydrogen) atoms. The molecule has 0 unspecified atom stereocenters. The van der Waals surface area contributed by atoms with Gasteiger partial charge >= 0.3 is 6.36 Å². The van der Waals surface area contributed by atoms with Gasteiger partial charge in [-0.1, -0.05) is 23.5 Å². The Morgan fingerprint density at radius 3 is 2.80 bits per heavy atom. The number of halogens is 3. The maximum absolute atomic E-state index is 13.1. The fraction of sp³-hybridized carbons (Fsp3) is 0.409. The molecule has 13 heteroatoms. The standard InChI is InChI=1S/C22H24F3N7O2S/c1-31(2)20(14-5-3-6-16(11-14)34-22(23,24)25)17(33)12-19-29-30-21(35-19)27-15-8-10-32(13-15)18-7-4-9-26-28-18/h3-7,9,11,15,20H,8,10,12-13H2,1-2H3,(H,27,30)/t15-,20+/m1/s1. The van der Waals surface area contributed by atoms with Crippen molar-refractivity contribution in [2.45, 2.75) is 31.3 Å². The van der Waals surface area contributed by atoms with Crippen LogP contribution < -0.4 is 15.0 Å². The van der Waals surface area contributed by atoms with Crippen molar-refractivity contribution in [2.75, 3.05) is 37.4 Å². The number of likely N-dealkylation sites (N-methyl/N-ethyl adjacent to an activating group) is 1. The monoisotopic (exact) mass is 507 g/mol. The van der Waals surface area contributed by atoms with E-state index in [1.807, 2.05) is 12.1 Å². The van der Waals surface area contributed by atoms with Gasteiger partial charge in [0.2, 0.25) is 5.13 Å². The summed E-state index contributed by atoms with van der Waals surface area (Å²) < 4.78 is 41.8. The normalized spacial score (nSPS) is 17.0. The van der Waals surface area contributed by atoms with Gasteiger partial charge in [0.1, 0.15) is 10.8 Å². The molecule has 3 aromatic rings. The molecule has 1 aromatic carbocycles. The number of hydrogen-bond acceptors (Lipinski definition) is 10. The highest BCUT2D eigenvalue weighted by atomic mass is 32.1. The van der Waals surface area contributed by atoms with Gasteiger partial charge in [-0.2, -0.15) is 5.10 Å². The first kappa shape index (κ1) is 24.8. The lowest BCUT2D eigenvalue weighted by Crippen LogP contribution is -2.29. The van der Waals surface area contributed by atoms with Crippen LogP contribution in [0.15, 0.2) is 42.6 Å². The van der Waals surface area contributed by atoms with Gasteiger partial charge in [-0.15, -0.1) is 28.5 Å². The summed E-state index contributed by atoms with van der Waals surface area (Å²) in [5, 5.41) is 20.8. The smallest absolute Gasteiger partial charge is 0.406 e. The second kappa shape index (κ2) is 10.5. The van der Waals surface area contributed by atoms with Crippen LogP contribution in [0.25, 0.3) is 0 Å². The van der Waals surface area contributed by atoms with E-state index in [-0.39, 0.29) is 24.0 Å². The number of nitrogens with one attached hydrogen (secondary N) is 1. The fourth-order valence-electron chi connectivity index (χ4n) is 4.01. The van der Waals surface area contributed by atoms with Crippen LogP contribution in [0.4, 0.5) is 24.1 Å². The molecule has 0 spiro atoms. The largest absolute Gasteiger partial charge is 0.573 e. The van der Waals surface area contributed by atoms with Crippen LogP contribution in [0.5, 0.6) is 5.75 Å². The first-order valence-corrected chi connectivity index (χ1v) is 11.7. The van der Waals surface area contributed by atoms with E-state index >= 15 is 0 Å². The van der Waals surface area contributed by atoms with E-state index in [2.05, 4.69) is 35.3 Å². The summed E-state index contributed by atoms with van der Waals surface area (Å²) in [6, 6.07) is 8.61. The quantitative estimate of drug-likeness (QED) is 0.468. The van der Waals surface area contributed by atoms with Gasteiger partial charge in [-0.25, -0.2) is 0 Å².